The van der Waals surface area contributed by atoms with Gasteiger partial charge in [0.2, 0.25) is 0 Å². The van der Waals surface area contributed by atoms with Crippen molar-refractivity contribution in [2.45, 2.75) is 45.3 Å². The molecular formula is C21H28N4O2. The summed E-state index contributed by atoms with van der Waals surface area (Å²) >= 11 is 0. The minimum Gasteiger partial charge on any atom is -0.488 e. The van der Waals surface area contributed by atoms with Gasteiger partial charge in [0.05, 0.1) is 5.69 Å². The molecule has 2 aliphatic rings. The van der Waals surface area contributed by atoms with E-state index in [9.17, 15) is 4.79 Å². The van der Waals surface area contributed by atoms with E-state index in [1.165, 1.54) is 25.8 Å². The lowest BCUT2D eigenvalue weighted by molar-refractivity contribution is 0.0940. The molecule has 0 saturated carbocycles. The zero-order valence-electron chi connectivity index (χ0n) is 16.2. The molecule has 2 aromatic rings. The van der Waals surface area contributed by atoms with Gasteiger partial charge < -0.3 is 15.0 Å². The Bertz CT molecular complexity index is 830. The van der Waals surface area contributed by atoms with E-state index in [0.29, 0.717) is 24.9 Å². The van der Waals surface area contributed by atoms with Crippen LogP contribution in [-0.2, 0) is 13.7 Å². The van der Waals surface area contributed by atoms with Crippen molar-refractivity contribution >= 4 is 5.91 Å². The first-order chi connectivity index (χ1) is 13.1. The van der Waals surface area contributed by atoms with Gasteiger partial charge >= 0.3 is 0 Å². The zero-order chi connectivity index (χ0) is 18.8. The molecule has 1 N–H and O–H groups in total. The van der Waals surface area contributed by atoms with Crippen molar-refractivity contribution in [2.75, 3.05) is 19.6 Å². The maximum absolute atomic E-state index is 12.7. The smallest absolute Gasteiger partial charge is 0.272 e. The predicted octanol–water partition coefficient (Wildman–Crippen LogP) is 2.97. The van der Waals surface area contributed by atoms with Crippen LogP contribution in [-0.4, -0.2) is 46.3 Å². The Morgan fingerprint density at radius 1 is 1.33 bits per heavy atom. The Morgan fingerprint density at radius 2 is 2.19 bits per heavy atom. The van der Waals surface area contributed by atoms with Crippen LogP contribution in [0.2, 0.25) is 0 Å². The van der Waals surface area contributed by atoms with Crippen LogP contribution < -0.4 is 10.1 Å². The maximum atomic E-state index is 12.7. The molecule has 4 rings (SSSR count). The molecule has 1 saturated heterocycles. The van der Waals surface area contributed by atoms with Crippen molar-refractivity contribution in [1.82, 2.24) is 20.0 Å². The van der Waals surface area contributed by atoms with Crippen LogP contribution in [0.25, 0.3) is 11.3 Å². The number of carbonyl (C=O) groups is 1. The number of hydrogen-bond acceptors (Lipinski definition) is 4. The minimum atomic E-state index is -0.110. The molecule has 0 unspecified atom stereocenters. The standard InChI is InChI=1S/C21H28N4O2/c1-15-8-5-6-12-25(15)13-7-11-22-21(26)19-17-14-27-18-10-4-3-9-16(18)20(17)24(2)23-19/h3-4,9-10,15H,5-8,11-14H2,1-2H3,(H,22,26)/t15-/m0/s1. The van der Waals surface area contributed by atoms with Crippen molar-refractivity contribution < 1.29 is 9.53 Å². The second-order valence-electron chi connectivity index (χ2n) is 7.57. The first-order valence-corrected chi connectivity index (χ1v) is 9.95. The van der Waals surface area contributed by atoms with Gasteiger partial charge in [-0.3, -0.25) is 9.48 Å². The Hall–Kier alpha value is -2.34. The van der Waals surface area contributed by atoms with Crippen molar-refractivity contribution in [3.05, 3.63) is 35.5 Å². The quantitative estimate of drug-likeness (QED) is 0.825. The number of benzene rings is 1. The van der Waals surface area contributed by atoms with Gasteiger partial charge in [-0.25, -0.2) is 0 Å². The Morgan fingerprint density at radius 3 is 3.04 bits per heavy atom. The number of aryl methyl sites for hydroxylation is 1. The van der Waals surface area contributed by atoms with Crippen molar-refractivity contribution in [2.24, 2.45) is 7.05 Å². The zero-order valence-corrected chi connectivity index (χ0v) is 16.2. The average Bonchev–Trinajstić information content (AvgIpc) is 3.03. The molecular weight excluding hydrogens is 340 g/mol. The summed E-state index contributed by atoms with van der Waals surface area (Å²) in [7, 11) is 1.88. The van der Waals surface area contributed by atoms with Gasteiger partial charge in [0, 0.05) is 37.3 Å². The third-order valence-corrected chi connectivity index (χ3v) is 5.72. The highest BCUT2D eigenvalue weighted by molar-refractivity contribution is 5.96. The molecule has 1 aromatic heterocycles. The van der Waals surface area contributed by atoms with Crippen molar-refractivity contribution in [3.8, 4) is 17.0 Å². The Kier molecular flexibility index (Phi) is 5.16. The molecule has 27 heavy (non-hydrogen) atoms. The summed E-state index contributed by atoms with van der Waals surface area (Å²) < 4.78 is 7.62. The number of nitrogens with zero attached hydrogens (tertiary/aromatic N) is 3. The number of nitrogens with one attached hydrogen (secondary N) is 1. The molecule has 6 nitrogen and oxygen atoms in total. The summed E-state index contributed by atoms with van der Waals surface area (Å²) in [5.41, 5.74) is 3.32. The van der Waals surface area contributed by atoms with Gasteiger partial charge in [0.15, 0.2) is 5.69 Å². The minimum absolute atomic E-state index is 0.110. The second-order valence-corrected chi connectivity index (χ2v) is 7.57. The van der Waals surface area contributed by atoms with Crippen LogP contribution in [0, 0.1) is 0 Å². The van der Waals surface area contributed by atoms with Crippen LogP contribution >= 0.6 is 0 Å². The van der Waals surface area contributed by atoms with Crippen molar-refractivity contribution in [3.63, 3.8) is 0 Å². The largest absolute Gasteiger partial charge is 0.488 e. The lowest BCUT2D eigenvalue weighted by Crippen LogP contribution is -2.39. The summed E-state index contributed by atoms with van der Waals surface area (Å²) in [6.45, 7) is 5.58. The fraction of sp³-hybridized carbons (Fsp3) is 0.524. The van der Waals surface area contributed by atoms with E-state index in [2.05, 4.69) is 22.2 Å². The van der Waals surface area contributed by atoms with Gasteiger partial charge in [-0.15, -0.1) is 0 Å². The van der Waals surface area contributed by atoms with E-state index in [0.717, 1.165) is 35.5 Å². The second kappa shape index (κ2) is 7.72. The molecule has 1 aromatic carbocycles. The topological polar surface area (TPSA) is 59.4 Å². The Balaban J connectivity index is 1.39. The summed E-state index contributed by atoms with van der Waals surface area (Å²) in [4.78, 5) is 15.2. The molecule has 0 bridgehead atoms. The molecule has 144 valence electrons. The third-order valence-electron chi connectivity index (χ3n) is 5.72. The summed E-state index contributed by atoms with van der Waals surface area (Å²) in [5, 5.41) is 7.53. The lowest BCUT2D eigenvalue weighted by atomic mass is 10.0. The molecule has 6 heteroatoms. The SMILES string of the molecule is C[C@H]1CCCCN1CCCNC(=O)c1nn(C)c2c1COc1ccccc1-2. The number of fused-ring (bicyclic) bond motifs is 3. The molecule has 0 spiro atoms. The maximum Gasteiger partial charge on any atom is 0.272 e. The average molecular weight is 368 g/mol. The van der Waals surface area contributed by atoms with E-state index in [1.54, 1.807) is 4.68 Å². The van der Waals surface area contributed by atoms with E-state index in [-0.39, 0.29) is 5.91 Å². The molecule has 3 heterocycles. The van der Waals surface area contributed by atoms with E-state index in [1.807, 2.05) is 31.3 Å². The number of ether oxygens (including phenoxy) is 1. The predicted molar refractivity (Wildman–Crippen MR) is 105 cm³/mol. The summed E-state index contributed by atoms with van der Waals surface area (Å²) in [5.74, 6) is 0.733. The molecule has 2 aliphatic heterocycles. The number of piperidine rings is 1. The number of likely N-dealkylation sites (tertiary alicyclic amines) is 1. The van der Waals surface area contributed by atoms with Crippen LogP contribution in [0.3, 0.4) is 0 Å². The highest BCUT2D eigenvalue weighted by Crippen LogP contribution is 2.38. The van der Waals surface area contributed by atoms with Crippen molar-refractivity contribution in [1.29, 1.82) is 0 Å². The first kappa shape index (κ1) is 18.0. The number of para-hydroxylation sites is 1. The van der Waals surface area contributed by atoms with Gasteiger partial charge in [-0.2, -0.15) is 5.10 Å². The number of hydrogen-bond donors (Lipinski definition) is 1. The number of carbonyl (C=O) groups excluding carboxylic acids is 1. The highest BCUT2D eigenvalue weighted by atomic mass is 16.5. The van der Waals surface area contributed by atoms with Crippen LogP contribution in [0.4, 0.5) is 0 Å². The molecule has 1 atom stereocenters. The van der Waals surface area contributed by atoms with Gasteiger partial charge in [-0.1, -0.05) is 18.6 Å². The van der Waals surface area contributed by atoms with Gasteiger partial charge in [0.25, 0.3) is 5.91 Å². The molecule has 0 aliphatic carbocycles. The fourth-order valence-corrected chi connectivity index (χ4v) is 4.22. The normalized spacial score (nSPS) is 19.1. The van der Waals surface area contributed by atoms with Crippen LogP contribution in [0.1, 0.15) is 48.7 Å². The van der Waals surface area contributed by atoms with Crippen LogP contribution in [0.15, 0.2) is 24.3 Å². The number of rotatable bonds is 5. The monoisotopic (exact) mass is 368 g/mol. The third kappa shape index (κ3) is 3.58. The molecule has 1 amide bonds. The first-order valence-electron chi connectivity index (χ1n) is 9.95. The van der Waals surface area contributed by atoms with Crippen LogP contribution in [0.5, 0.6) is 5.75 Å². The van der Waals surface area contributed by atoms with E-state index in [4.69, 9.17) is 4.74 Å². The van der Waals surface area contributed by atoms with E-state index >= 15 is 0 Å². The Labute approximate surface area is 160 Å². The number of amides is 1. The van der Waals surface area contributed by atoms with Gasteiger partial charge in [0.1, 0.15) is 12.4 Å². The molecule has 0 radical (unpaired) electrons. The summed E-state index contributed by atoms with van der Waals surface area (Å²) in [6, 6.07) is 8.56. The number of aromatic nitrogens is 2. The highest BCUT2D eigenvalue weighted by Gasteiger charge is 2.28. The molecule has 1 fully saturated rings. The van der Waals surface area contributed by atoms with Gasteiger partial charge in [-0.05, 0) is 44.9 Å². The lowest BCUT2D eigenvalue weighted by Gasteiger charge is -2.33. The van der Waals surface area contributed by atoms with E-state index < -0.39 is 0 Å². The fourth-order valence-electron chi connectivity index (χ4n) is 4.22. The summed E-state index contributed by atoms with van der Waals surface area (Å²) in [6.07, 6.45) is 4.88.